The Morgan fingerprint density at radius 1 is 0.944 bits per heavy atom. The SMILES string of the molecule is O=N/N=c1/sc2ccccc2n1-c1ccccc1. The second kappa shape index (κ2) is 4.54. The van der Waals surface area contributed by atoms with Gasteiger partial charge in [-0.2, -0.15) is 0 Å². The molecule has 3 aromatic rings. The number of benzene rings is 2. The molecule has 1 aromatic heterocycles. The number of hydrogen-bond donors (Lipinski definition) is 0. The fourth-order valence-electron chi connectivity index (χ4n) is 1.90. The van der Waals surface area contributed by atoms with Gasteiger partial charge in [0.15, 0.2) is 0 Å². The van der Waals surface area contributed by atoms with Crippen molar-refractivity contribution in [2.75, 3.05) is 0 Å². The summed E-state index contributed by atoms with van der Waals surface area (Å²) in [6.07, 6.45) is 0. The van der Waals surface area contributed by atoms with E-state index in [1.54, 1.807) is 0 Å². The lowest BCUT2D eigenvalue weighted by Crippen LogP contribution is -2.11. The van der Waals surface area contributed by atoms with Crippen molar-refractivity contribution in [2.24, 2.45) is 10.4 Å². The molecular formula is C13H9N3OS. The number of hydrogen-bond acceptors (Lipinski definition) is 3. The number of para-hydroxylation sites is 2. The third kappa shape index (κ3) is 1.74. The van der Waals surface area contributed by atoms with E-state index in [2.05, 4.69) is 10.4 Å². The fourth-order valence-corrected chi connectivity index (χ4v) is 2.88. The second-order valence-electron chi connectivity index (χ2n) is 3.70. The van der Waals surface area contributed by atoms with Gasteiger partial charge in [0.05, 0.1) is 15.5 Å². The van der Waals surface area contributed by atoms with Gasteiger partial charge in [0.1, 0.15) is 0 Å². The van der Waals surface area contributed by atoms with Crippen LogP contribution in [0.1, 0.15) is 0 Å². The van der Waals surface area contributed by atoms with E-state index in [9.17, 15) is 4.91 Å². The molecule has 5 heteroatoms. The van der Waals surface area contributed by atoms with E-state index in [4.69, 9.17) is 0 Å². The molecule has 0 atom stereocenters. The normalized spacial score (nSPS) is 11.9. The number of rotatable bonds is 2. The zero-order valence-electron chi connectivity index (χ0n) is 9.35. The second-order valence-corrected chi connectivity index (χ2v) is 4.71. The first kappa shape index (κ1) is 10.9. The Labute approximate surface area is 107 Å². The van der Waals surface area contributed by atoms with Gasteiger partial charge >= 0.3 is 0 Å². The van der Waals surface area contributed by atoms with Crippen LogP contribution < -0.4 is 4.80 Å². The van der Waals surface area contributed by atoms with Gasteiger partial charge in [-0.25, -0.2) is 0 Å². The van der Waals surface area contributed by atoms with Crippen LogP contribution in [0.25, 0.3) is 15.9 Å². The van der Waals surface area contributed by atoms with Crippen LogP contribution in [-0.2, 0) is 0 Å². The number of aromatic nitrogens is 1. The predicted octanol–water partition coefficient (Wildman–Crippen LogP) is 3.27. The summed E-state index contributed by atoms with van der Waals surface area (Å²) in [4.78, 5) is 11.0. The van der Waals surface area contributed by atoms with Crippen molar-refractivity contribution in [1.29, 1.82) is 0 Å². The van der Waals surface area contributed by atoms with Crippen LogP contribution in [0.2, 0.25) is 0 Å². The fraction of sp³-hybridized carbons (Fsp3) is 0. The van der Waals surface area contributed by atoms with Crippen molar-refractivity contribution >= 4 is 21.6 Å². The quantitative estimate of drug-likeness (QED) is 0.512. The van der Waals surface area contributed by atoms with Crippen LogP contribution in [0.5, 0.6) is 0 Å². The van der Waals surface area contributed by atoms with Crippen molar-refractivity contribution in [3.05, 3.63) is 64.3 Å². The minimum Gasteiger partial charge on any atom is -0.284 e. The summed E-state index contributed by atoms with van der Waals surface area (Å²) in [6.45, 7) is 0. The van der Waals surface area contributed by atoms with Crippen molar-refractivity contribution in [3.8, 4) is 5.69 Å². The molecule has 0 aliphatic carbocycles. The third-order valence-electron chi connectivity index (χ3n) is 2.64. The van der Waals surface area contributed by atoms with Crippen LogP contribution in [0.4, 0.5) is 0 Å². The summed E-state index contributed by atoms with van der Waals surface area (Å²) in [6, 6.07) is 17.7. The molecule has 1 heterocycles. The Hall–Kier alpha value is -2.27. The summed E-state index contributed by atoms with van der Waals surface area (Å²) in [5, 5.41) is 6.32. The number of thiazole rings is 1. The molecule has 0 saturated heterocycles. The van der Waals surface area contributed by atoms with Crippen molar-refractivity contribution in [3.63, 3.8) is 0 Å². The standard InChI is InChI=1S/C13H9N3OS/c17-15-14-13-16(10-6-2-1-3-7-10)11-8-4-5-9-12(11)18-13/h1-9H/b14-13+. The molecule has 0 aliphatic rings. The molecule has 18 heavy (non-hydrogen) atoms. The molecule has 88 valence electrons. The molecule has 3 rings (SSSR count). The molecule has 0 saturated carbocycles. The van der Waals surface area contributed by atoms with Gasteiger partial charge in [-0.3, -0.25) is 4.57 Å². The number of nitrogens with zero attached hydrogens (tertiary/aromatic N) is 3. The van der Waals surface area contributed by atoms with E-state index in [0.717, 1.165) is 15.9 Å². The molecule has 0 amide bonds. The average Bonchev–Trinajstić information content (AvgIpc) is 2.78. The number of nitroso groups, excluding NO2 is 1. The van der Waals surface area contributed by atoms with Gasteiger partial charge in [-0.05, 0) is 24.3 Å². The molecule has 0 unspecified atom stereocenters. The van der Waals surface area contributed by atoms with Gasteiger partial charge in [-0.1, -0.05) is 46.8 Å². The van der Waals surface area contributed by atoms with E-state index in [1.807, 2.05) is 59.2 Å². The third-order valence-corrected chi connectivity index (χ3v) is 3.65. The van der Waals surface area contributed by atoms with Gasteiger partial charge in [-0.15, -0.1) is 4.91 Å². The molecule has 0 fully saturated rings. The van der Waals surface area contributed by atoms with Gasteiger partial charge < -0.3 is 0 Å². The van der Waals surface area contributed by atoms with E-state index < -0.39 is 0 Å². The van der Waals surface area contributed by atoms with Crippen molar-refractivity contribution < 1.29 is 0 Å². The van der Waals surface area contributed by atoms with Crippen LogP contribution >= 0.6 is 11.3 Å². The molecule has 2 aromatic carbocycles. The Morgan fingerprint density at radius 3 is 2.44 bits per heavy atom. The minimum absolute atomic E-state index is 0.581. The first-order valence-corrected chi connectivity index (χ1v) is 6.24. The zero-order chi connectivity index (χ0) is 12.4. The predicted molar refractivity (Wildman–Crippen MR) is 72.5 cm³/mol. The van der Waals surface area contributed by atoms with Crippen LogP contribution in [0, 0.1) is 4.91 Å². The molecule has 0 radical (unpaired) electrons. The molecule has 4 nitrogen and oxygen atoms in total. The highest BCUT2D eigenvalue weighted by molar-refractivity contribution is 7.16. The van der Waals surface area contributed by atoms with Crippen LogP contribution in [0.15, 0.2) is 65.0 Å². The van der Waals surface area contributed by atoms with E-state index in [-0.39, 0.29) is 0 Å². The zero-order valence-corrected chi connectivity index (χ0v) is 10.2. The Morgan fingerprint density at radius 2 is 1.67 bits per heavy atom. The van der Waals surface area contributed by atoms with Gasteiger partial charge in [0, 0.05) is 5.69 Å². The highest BCUT2D eigenvalue weighted by Crippen LogP contribution is 2.20. The molecular weight excluding hydrogens is 246 g/mol. The topological polar surface area (TPSA) is 46.7 Å². The summed E-state index contributed by atoms with van der Waals surface area (Å²) >= 11 is 1.45. The number of fused-ring (bicyclic) bond motifs is 1. The highest BCUT2D eigenvalue weighted by Gasteiger charge is 2.07. The van der Waals surface area contributed by atoms with E-state index >= 15 is 0 Å². The minimum atomic E-state index is 0.581. The smallest absolute Gasteiger partial charge is 0.219 e. The van der Waals surface area contributed by atoms with Crippen LogP contribution in [0.3, 0.4) is 0 Å². The maximum Gasteiger partial charge on any atom is 0.219 e. The Bertz CT molecular complexity index is 759. The maximum atomic E-state index is 10.4. The Balaban J connectivity index is 2.42. The summed E-state index contributed by atoms with van der Waals surface area (Å²) in [7, 11) is 0. The van der Waals surface area contributed by atoms with Crippen molar-refractivity contribution in [2.45, 2.75) is 0 Å². The summed E-state index contributed by atoms with van der Waals surface area (Å²) in [5.74, 6) is 0. The lowest BCUT2D eigenvalue weighted by Gasteiger charge is -2.03. The van der Waals surface area contributed by atoms with Gasteiger partial charge in [0.25, 0.3) is 0 Å². The molecule has 0 bridgehead atoms. The monoisotopic (exact) mass is 255 g/mol. The maximum absolute atomic E-state index is 10.4. The lowest BCUT2D eigenvalue weighted by atomic mass is 10.3. The molecule has 0 spiro atoms. The Kier molecular flexibility index (Phi) is 2.74. The molecule has 0 N–H and O–H groups in total. The first-order valence-electron chi connectivity index (χ1n) is 5.42. The van der Waals surface area contributed by atoms with Gasteiger partial charge in [0.2, 0.25) is 4.80 Å². The van der Waals surface area contributed by atoms with E-state index in [0.29, 0.717) is 4.80 Å². The first-order chi connectivity index (χ1) is 8.90. The summed E-state index contributed by atoms with van der Waals surface area (Å²) in [5.41, 5.74) is 1.99. The van der Waals surface area contributed by atoms with Crippen molar-refractivity contribution in [1.82, 2.24) is 4.57 Å². The summed E-state index contributed by atoms with van der Waals surface area (Å²) < 4.78 is 3.00. The lowest BCUT2D eigenvalue weighted by molar-refractivity contribution is 0.989. The largest absolute Gasteiger partial charge is 0.284 e. The molecule has 0 aliphatic heterocycles. The average molecular weight is 255 g/mol. The van der Waals surface area contributed by atoms with Crippen LogP contribution in [-0.4, -0.2) is 4.57 Å². The highest BCUT2D eigenvalue weighted by atomic mass is 32.1. The van der Waals surface area contributed by atoms with E-state index in [1.165, 1.54) is 11.3 Å².